The summed E-state index contributed by atoms with van der Waals surface area (Å²) in [6.45, 7) is 6.07. The van der Waals surface area contributed by atoms with E-state index in [0.717, 1.165) is 54.5 Å². The van der Waals surface area contributed by atoms with Gasteiger partial charge in [-0.25, -0.2) is 9.50 Å². The van der Waals surface area contributed by atoms with Gasteiger partial charge in [-0.15, -0.1) is 0 Å². The number of nitrogens with one attached hydrogen (secondary N) is 1. The molecule has 3 aromatic rings. The van der Waals surface area contributed by atoms with E-state index >= 15 is 0 Å². The van der Waals surface area contributed by atoms with Gasteiger partial charge in [-0.3, -0.25) is 4.90 Å². The quantitative estimate of drug-likeness (QED) is 0.664. The van der Waals surface area contributed by atoms with Gasteiger partial charge in [-0.05, 0) is 62.1 Å². The molecule has 6 nitrogen and oxygen atoms in total. The number of aryl methyl sites for hydroxylation is 1. The first-order chi connectivity index (χ1) is 13.3. The summed E-state index contributed by atoms with van der Waals surface area (Å²) in [5.41, 5.74) is 4.24. The molecule has 1 fully saturated rings. The summed E-state index contributed by atoms with van der Waals surface area (Å²) in [7, 11) is 0. The van der Waals surface area contributed by atoms with Gasteiger partial charge < -0.3 is 10.1 Å². The SMILES string of the molecule is Cc1ccc2cc1-c1cnn3ccc(nc13)NCCCN1CCC[C@H]1CO2. The van der Waals surface area contributed by atoms with Gasteiger partial charge in [0.1, 0.15) is 18.2 Å². The van der Waals surface area contributed by atoms with Crippen molar-refractivity contribution >= 4 is 11.5 Å². The lowest BCUT2D eigenvalue weighted by Crippen LogP contribution is -2.35. The van der Waals surface area contributed by atoms with Crippen molar-refractivity contribution in [3.63, 3.8) is 0 Å². The molecule has 2 aromatic heterocycles. The van der Waals surface area contributed by atoms with E-state index in [1.165, 1.54) is 24.9 Å². The monoisotopic (exact) mass is 363 g/mol. The van der Waals surface area contributed by atoms with Crippen LogP contribution in [-0.4, -0.2) is 51.8 Å². The van der Waals surface area contributed by atoms with Crippen LogP contribution in [0.1, 0.15) is 24.8 Å². The number of ether oxygens (including phenoxy) is 1. The maximum absolute atomic E-state index is 6.21. The Hall–Kier alpha value is -2.60. The lowest BCUT2D eigenvalue weighted by atomic mass is 10.0. The zero-order chi connectivity index (χ0) is 18.2. The van der Waals surface area contributed by atoms with Crippen molar-refractivity contribution < 1.29 is 4.74 Å². The van der Waals surface area contributed by atoms with Crippen LogP contribution in [0.5, 0.6) is 5.75 Å². The number of fused-ring (bicyclic) bond motifs is 5. The van der Waals surface area contributed by atoms with Crippen LogP contribution in [0.3, 0.4) is 0 Å². The van der Waals surface area contributed by atoms with Crippen molar-refractivity contribution in [3.05, 3.63) is 42.2 Å². The van der Waals surface area contributed by atoms with Crippen LogP contribution >= 0.6 is 0 Å². The first kappa shape index (κ1) is 16.6. The second kappa shape index (κ2) is 6.85. The maximum Gasteiger partial charge on any atom is 0.165 e. The average molecular weight is 363 g/mol. The fourth-order valence-electron chi connectivity index (χ4n) is 4.21. The lowest BCUT2D eigenvalue weighted by Gasteiger charge is -2.24. The summed E-state index contributed by atoms with van der Waals surface area (Å²) in [4.78, 5) is 7.39. The number of hydrogen-bond acceptors (Lipinski definition) is 5. The summed E-state index contributed by atoms with van der Waals surface area (Å²) in [5.74, 6) is 1.83. The highest BCUT2D eigenvalue weighted by atomic mass is 16.5. The molecule has 0 amide bonds. The molecule has 0 saturated carbocycles. The van der Waals surface area contributed by atoms with E-state index in [1.807, 2.05) is 23.0 Å². The molecule has 5 rings (SSSR count). The molecule has 0 radical (unpaired) electrons. The van der Waals surface area contributed by atoms with E-state index in [0.29, 0.717) is 6.04 Å². The van der Waals surface area contributed by atoms with Gasteiger partial charge in [0.05, 0.1) is 6.20 Å². The molecule has 0 aliphatic carbocycles. The van der Waals surface area contributed by atoms with E-state index in [-0.39, 0.29) is 0 Å². The third kappa shape index (κ3) is 3.14. The standard InChI is InChI=1S/C21H25N5O/c1-15-5-6-17-12-18(15)19-13-23-26-11-7-20(24-21(19)26)22-8-3-10-25-9-2-4-16(25)14-27-17/h5-7,11-13,16H,2-4,8-10,14H2,1H3,(H,22,24)/t16-/m0/s1. The second-order valence-electron chi connectivity index (χ2n) is 7.54. The van der Waals surface area contributed by atoms with Gasteiger partial charge in [-0.1, -0.05) is 6.07 Å². The molecule has 27 heavy (non-hydrogen) atoms. The van der Waals surface area contributed by atoms with E-state index in [2.05, 4.69) is 40.4 Å². The fourth-order valence-corrected chi connectivity index (χ4v) is 4.21. The predicted molar refractivity (Wildman–Crippen MR) is 106 cm³/mol. The van der Waals surface area contributed by atoms with Crippen LogP contribution in [0.4, 0.5) is 5.82 Å². The molecule has 1 N–H and O–H groups in total. The highest BCUT2D eigenvalue weighted by Crippen LogP contribution is 2.31. The molecular formula is C21H25N5O. The second-order valence-corrected chi connectivity index (χ2v) is 7.54. The van der Waals surface area contributed by atoms with Crippen molar-refractivity contribution in [1.29, 1.82) is 0 Å². The molecule has 6 heteroatoms. The molecular weight excluding hydrogens is 338 g/mol. The fraction of sp³-hybridized carbons (Fsp3) is 0.429. The molecule has 1 atom stereocenters. The van der Waals surface area contributed by atoms with Gasteiger partial charge in [0, 0.05) is 30.9 Å². The number of anilines is 1. The van der Waals surface area contributed by atoms with Gasteiger partial charge >= 0.3 is 0 Å². The number of aromatic nitrogens is 3. The number of rotatable bonds is 0. The highest BCUT2D eigenvalue weighted by molar-refractivity contribution is 5.80. The first-order valence-electron chi connectivity index (χ1n) is 9.84. The Morgan fingerprint density at radius 1 is 1.15 bits per heavy atom. The van der Waals surface area contributed by atoms with Crippen molar-refractivity contribution in [2.45, 2.75) is 32.2 Å². The van der Waals surface area contributed by atoms with Crippen LogP contribution in [0.2, 0.25) is 0 Å². The van der Waals surface area contributed by atoms with E-state index in [1.54, 1.807) is 0 Å². The normalized spacial score (nSPS) is 20.6. The maximum atomic E-state index is 6.21. The Balaban J connectivity index is 1.58. The summed E-state index contributed by atoms with van der Waals surface area (Å²) in [5, 5.41) is 7.96. The zero-order valence-corrected chi connectivity index (χ0v) is 15.7. The molecule has 2 aliphatic rings. The van der Waals surface area contributed by atoms with Crippen molar-refractivity contribution in [2.75, 3.05) is 31.6 Å². The average Bonchev–Trinajstić information content (AvgIpc) is 3.30. The summed E-state index contributed by atoms with van der Waals surface area (Å²) in [6, 6.07) is 8.84. The van der Waals surface area contributed by atoms with Crippen LogP contribution in [-0.2, 0) is 0 Å². The molecule has 1 saturated heterocycles. The molecule has 4 bridgehead atoms. The molecule has 2 aliphatic heterocycles. The van der Waals surface area contributed by atoms with Crippen LogP contribution in [0.25, 0.3) is 16.8 Å². The van der Waals surface area contributed by atoms with Crippen molar-refractivity contribution in [2.24, 2.45) is 0 Å². The topological polar surface area (TPSA) is 54.7 Å². The number of hydrogen-bond donors (Lipinski definition) is 1. The molecule has 1 aromatic carbocycles. The third-order valence-electron chi connectivity index (χ3n) is 5.74. The van der Waals surface area contributed by atoms with Gasteiger partial charge in [0.2, 0.25) is 0 Å². The first-order valence-corrected chi connectivity index (χ1v) is 9.84. The Bertz CT molecular complexity index is 966. The molecule has 140 valence electrons. The molecule has 0 spiro atoms. The van der Waals surface area contributed by atoms with Crippen LogP contribution in [0.15, 0.2) is 36.7 Å². The minimum atomic E-state index is 0.516. The summed E-state index contributed by atoms with van der Waals surface area (Å²) >= 11 is 0. The number of benzene rings is 1. The Labute approximate surface area is 159 Å². The lowest BCUT2D eigenvalue weighted by molar-refractivity contribution is 0.172. The zero-order valence-electron chi connectivity index (χ0n) is 15.7. The Kier molecular flexibility index (Phi) is 4.20. The Morgan fingerprint density at radius 3 is 3.04 bits per heavy atom. The summed E-state index contributed by atoms with van der Waals surface area (Å²) < 4.78 is 8.05. The van der Waals surface area contributed by atoms with Gasteiger partial charge in [-0.2, -0.15) is 5.10 Å². The molecule has 0 unspecified atom stereocenters. The smallest absolute Gasteiger partial charge is 0.165 e. The van der Waals surface area contributed by atoms with Crippen molar-refractivity contribution in [1.82, 2.24) is 19.5 Å². The molecule has 4 heterocycles. The van der Waals surface area contributed by atoms with Gasteiger partial charge in [0.15, 0.2) is 5.65 Å². The van der Waals surface area contributed by atoms with E-state index in [9.17, 15) is 0 Å². The van der Waals surface area contributed by atoms with E-state index < -0.39 is 0 Å². The number of nitrogens with zero attached hydrogens (tertiary/aromatic N) is 4. The minimum absolute atomic E-state index is 0.516. The van der Waals surface area contributed by atoms with Crippen LogP contribution in [0, 0.1) is 6.92 Å². The van der Waals surface area contributed by atoms with Crippen LogP contribution < -0.4 is 10.1 Å². The third-order valence-corrected chi connectivity index (χ3v) is 5.74. The largest absolute Gasteiger partial charge is 0.492 e. The summed E-state index contributed by atoms with van der Waals surface area (Å²) in [6.07, 6.45) is 7.45. The minimum Gasteiger partial charge on any atom is -0.492 e. The van der Waals surface area contributed by atoms with Crippen molar-refractivity contribution in [3.8, 4) is 16.9 Å². The van der Waals surface area contributed by atoms with Gasteiger partial charge in [0.25, 0.3) is 0 Å². The Morgan fingerprint density at radius 2 is 2.07 bits per heavy atom. The van der Waals surface area contributed by atoms with E-state index in [4.69, 9.17) is 9.72 Å². The predicted octanol–water partition coefficient (Wildman–Crippen LogP) is 3.36. The highest BCUT2D eigenvalue weighted by Gasteiger charge is 2.24.